The van der Waals surface area contributed by atoms with Crippen molar-refractivity contribution < 1.29 is 13.5 Å². The molecule has 2 unspecified atom stereocenters. The summed E-state index contributed by atoms with van der Waals surface area (Å²) in [6, 6.07) is 5.41. The molecule has 6 heteroatoms. The number of nitrogens with two attached hydrogens (primary N) is 1. The number of aromatic nitrogens is 1. The summed E-state index contributed by atoms with van der Waals surface area (Å²) >= 11 is 0. The summed E-state index contributed by atoms with van der Waals surface area (Å²) in [7, 11) is 0. The topological polar surface area (TPSA) is 68.1 Å². The molecule has 0 aliphatic heterocycles. The van der Waals surface area contributed by atoms with Gasteiger partial charge in [-0.1, -0.05) is 6.92 Å². The maximum absolute atomic E-state index is 14.0. The monoisotopic (exact) mass is 428 g/mol. The molecule has 1 aromatic heterocycles. The Morgan fingerprint density at radius 3 is 2.65 bits per heavy atom. The lowest BCUT2D eigenvalue weighted by molar-refractivity contribution is 0.0262. The van der Waals surface area contributed by atoms with E-state index in [1.807, 2.05) is 26.0 Å². The van der Waals surface area contributed by atoms with Crippen molar-refractivity contribution in [2.45, 2.75) is 64.5 Å². The second-order valence-electron chi connectivity index (χ2n) is 8.98. The van der Waals surface area contributed by atoms with E-state index in [2.05, 4.69) is 4.98 Å². The standard InChI is InChI=1S/C25H30F2N2O2/c1-3-23(28)25(16-12-17(26)14-18(27)13-16)9-6-19(7-10-25)31-22-5-4-21-20(15(22)2)8-11-29-24(21)30/h4-5,8,11-12,14,16,19,23H,3,6-7,9-10,13,28H2,1-2H3,(H,29,30). The lowest BCUT2D eigenvalue weighted by Gasteiger charge is -2.48. The number of ether oxygens (including phenoxy) is 1. The Hall–Kier alpha value is -2.47. The first-order chi connectivity index (χ1) is 14.8. The molecular formula is C25H30F2N2O2. The summed E-state index contributed by atoms with van der Waals surface area (Å²) < 4.78 is 34.4. The second kappa shape index (κ2) is 8.58. The van der Waals surface area contributed by atoms with E-state index in [-0.39, 0.29) is 35.5 Å². The molecule has 1 aromatic carbocycles. The highest BCUT2D eigenvalue weighted by molar-refractivity contribution is 5.86. The SMILES string of the molecule is CCC(N)C1(C2C=C(F)C=C(F)C2)CCC(Oc2ccc3c(=O)[nH]ccc3c2C)CC1. The quantitative estimate of drug-likeness (QED) is 0.651. The summed E-state index contributed by atoms with van der Waals surface area (Å²) in [6.45, 7) is 3.99. The predicted octanol–water partition coefficient (Wildman–Crippen LogP) is 5.61. The van der Waals surface area contributed by atoms with E-state index in [1.54, 1.807) is 18.3 Å². The highest BCUT2D eigenvalue weighted by Gasteiger charge is 2.46. The van der Waals surface area contributed by atoms with Crippen molar-refractivity contribution in [3.8, 4) is 5.75 Å². The number of hydrogen-bond donors (Lipinski definition) is 2. The number of rotatable bonds is 5. The lowest BCUT2D eigenvalue weighted by atomic mass is 9.59. The zero-order valence-electron chi connectivity index (χ0n) is 18.1. The Balaban J connectivity index is 1.53. The number of aryl methyl sites for hydroxylation is 1. The largest absolute Gasteiger partial charge is 0.490 e. The van der Waals surface area contributed by atoms with Crippen molar-refractivity contribution in [2.24, 2.45) is 17.1 Å². The van der Waals surface area contributed by atoms with Crippen LogP contribution in [-0.4, -0.2) is 17.1 Å². The predicted molar refractivity (Wildman–Crippen MR) is 119 cm³/mol. The molecule has 0 bridgehead atoms. The maximum Gasteiger partial charge on any atom is 0.255 e. The molecule has 1 saturated carbocycles. The van der Waals surface area contributed by atoms with Gasteiger partial charge in [-0.15, -0.1) is 0 Å². The summed E-state index contributed by atoms with van der Waals surface area (Å²) in [5.74, 6) is -0.375. The molecule has 1 heterocycles. The van der Waals surface area contributed by atoms with E-state index >= 15 is 0 Å². The van der Waals surface area contributed by atoms with Crippen molar-refractivity contribution in [3.05, 3.63) is 64.1 Å². The van der Waals surface area contributed by atoms with E-state index in [9.17, 15) is 13.6 Å². The Morgan fingerprint density at radius 2 is 1.97 bits per heavy atom. The van der Waals surface area contributed by atoms with Gasteiger partial charge in [-0.25, -0.2) is 8.78 Å². The molecule has 31 heavy (non-hydrogen) atoms. The number of benzene rings is 1. The number of aromatic amines is 1. The van der Waals surface area contributed by atoms with Crippen molar-refractivity contribution in [1.82, 2.24) is 4.98 Å². The van der Waals surface area contributed by atoms with Crippen molar-refractivity contribution in [3.63, 3.8) is 0 Å². The smallest absolute Gasteiger partial charge is 0.255 e. The fourth-order valence-corrected chi connectivity index (χ4v) is 5.46. The summed E-state index contributed by atoms with van der Waals surface area (Å²) in [6.07, 6.45) is 8.25. The molecule has 0 radical (unpaired) electrons. The molecule has 3 N–H and O–H groups in total. The third-order valence-corrected chi connectivity index (χ3v) is 7.32. The highest BCUT2D eigenvalue weighted by atomic mass is 19.1. The minimum absolute atomic E-state index is 0.00753. The van der Waals surface area contributed by atoms with Gasteiger partial charge in [0.25, 0.3) is 5.56 Å². The molecule has 2 aliphatic rings. The van der Waals surface area contributed by atoms with Crippen LogP contribution in [0.2, 0.25) is 0 Å². The van der Waals surface area contributed by atoms with Crippen LogP contribution < -0.4 is 16.0 Å². The van der Waals surface area contributed by atoms with Crippen LogP contribution in [0.3, 0.4) is 0 Å². The zero-order valence-corrected chi connectivity index (χ0v) is 18.1. The van der Waals surface area contributed by atoms with E-state index < -0.39 is 11.7 Å². The van der Waals surface area contributed by atoms with E-state index in [0.717, 1.165) is 54.9 Å². The van der Waals surface area contributed by atoms with Gasteiger partial charge < -0.3 is 15.5 Å². The fourth-order valence-electron chi connectivity index (χ4n) is 5.46. The van der Waals surface area contributed by atoms with Crippen LogP contribution in [0.25, 0.3) is 10.8 Å². The molecule has 4 nitrogen and oxygen atoms in total. The number of nitrogens with one attached hydrogen (secondary N) is 1. The molecule has 2 aliphatic carbocycles. The van der Waals surface area contributed by atoms with Crippen LogP contribution in [0.4, 0.5) is 8.78 Å². The van der Waals surface area contributed by atoms with Crippen LogP contribution in [0.1, 0.15) is 51.0 Å². The van der Waals surface area contributed by atoms with Crippen molar-refractivity contribution in [1.29, 1.82) is 0 Å². The minimum Gasteiger partial charge on any atom is -0.490 e. The first kappa shape index (κ1) is 21.8. The van der Waals surface area contributed by atoms with Gasteiger partial charge >= 0.3 is 0 Å². The summed E-state index contributed by atoms with van der Waals surface area (Å²) in [5, 5.41) is 1.52. The molecule has 2 aromatic rings. The van der Waals surface area contributed by atoms with Crippen LogP contribution in [0.15, 0.2) is 53.0 Å². The van der Waals surface area contributed by atoms with Gasteiger partial charge in [0.1, 0.15) is 17.4 Å². The van der Waals surface area contributed by atoms with Gasteiger partial charge in [0.15, 0.2) is 0 Å². The van der Waals surface area contributed by atoms with Crippen LogP contribution in [-0.2, 0) is 0 Å². The Kier molecular flexibility index (Phi) is 6.02. The number of allylic oxidation sites excluding steroid dienone is 4. The Morgan fingerprint density at radius 1 is 1.23 bits per heavy atom. The van der Waals surface area contributed by atoms with Gasteiger partial charge in [0.2, 0.25) is 0 Å². The average Bonchev–Trinajstić information content (AvgIpc) is 2.75. The second-order valence-corrected chi connectivity index (χ2v) is 8.98. The Bertz CT molecular complexity index is 1080. The summed E-state index contributed by atoms with van der Waals surface area (Å²) in [5.41, 5.74) is 7.03. The zero-order chi connectivity index (χ0) is 22.2. The molecule has 0 amide bonds. The van der Waals surface area contributed by atoms with E-state index in [1.165, 1.54) is 0 Å². The van der Waals surface area contributed by atoms with Gasteiger partial charge in [-0.3, -0.25) is 4.79 Å². The molecule has 2 atom stereocenters. The van der Waals surface area contributed by atoms with Crippen LogP contribution in [0.5, 0.6) is 5.75 Å². The third-order valence-electron chi connectivity index (χ3n) is 7.32. The third kappa shape index (κ3) is 4.05. The van der Waals surface area contributed by atoms with Gasteiger partial charge in [-0.05, 0) is 85.6 Å². The van der Waals surface area contributed by atoms with Crippen LogP contribution >= 0.6 is 0 Å². The highest BCUT2D eigenvalue weighted by Crippen LogP contribution is 2.50. The minimum atomic E-state index is -0.503. The summed E-state index contributed by atoms with van der Waals surface area (Å²) in [4.78, 5) is 14.7. The van der Waals surface area contributed by atoms with Crippen molar-refractivity contribution in [2.75, 3.05) is 0 Å². The first-order valence-electron chi connectivity index (χ1n) is 11.1. The molecule has 1 fully saturated rings. The fraction of sp³-hybridized carbons (Fsp3) is 0.480. The Labute approximate surface area is 181 Å². The number of hydrogen-bond acceptors (Lipinski definition) is 3. The molecule has 4 rings (SSSR count). The molecule has 0 spiro atoms. The van der Waals surface area contributed by atoms with Gasteiger partial charge in [0, 0.05) is 30.1 Å². The van der Waals surface area contributed by atoms with Gasteiger partial charge in [-0.2, -0.15) is 0 Å². The molecule has 0 saturated heterocycles. The number of halogens is 2. The number of H-pyrrole nitrogens is 1. The number of pyridine rings is 1. The van der Waals surface area contributed by atoms with E-state index in [0.29, 0.717) is 5.39 Å². The molecule has 166 valence electrons. The van der Waals surface area contributed by atoms with Gasteiger partial charge in [0.05, 0.1) is 6.10 Å². The number of fused-ring (bicyclic) bond motifs is 1. The van der Waals surface area contributed by atoms with Crippen LogP contribution in [0, 0.1) is 18.3 Å². The van der Waals surface area contributed by atoms with Crippen molar-refractivity contribution >= 4 is 10.8 Å². The first-order valence-corrected chi connectivity index (χ1v) is 11.1. The molecular weight excluding hydrogens is 398 g/mol. The average molecular weight is 429 g/mol. The maximum atomic E-state index is 14.0. The lowest BCUT2D eigenvalue weighted by Crippen LogP contribution is -2.50. The van der Waals surface area contributed by atoms with E-state index in [4.69, 9.17) is 10.5 Å². The normalized spacial score (nSPS) is 27.5.